The van der Waals surface area contributed by atoms with E-state index in [2.05, 4.69) is 10.3 Å². The minimum atomic E-state index is -0.579. The molecule has 0 aliphatic carbocycles. The Morgan fingerprint density at radius 1 is 1.23 bits per heavy atom. The summed E-state index contributed by atoms with van der Waals surface area (Å²) in [6.07, 6.45) is 1.73. The van der Waals surface area contributed by atoms with Gasteiger partial charge in [0.05, 0.1) is 17.2 Å². The molecule has 0 aromatic heterocycles. The van der Waals surface area contributed by atoms with Crippen LogP contribution in [-0.2, 0) is 9.59 Å². The normalized spacial score (nSPS) is 16.0. The lowest BCUT2D eigenvalue weighted by Gasteiger charge is -2.11. The zero-order valence-corrected chi connectivity index (χ0v) is 18.0. The van der Waals surface area contributed by atoms with Gasteiger partial charge in [0.1, 0.15) is 0 Å². The van der Waals surface area contributed by atoms with E-state index in [4.69, 9.17) is 26.8 Å². The summed E-state index contributed by atoms with van der Waals surface area (Å²) < 4.78 is 10.9. The number of amidine groups is 1. The predicted octanol–water partition coefficient (Wildman–Crippen LogP) is 3.80. The summed E-state index contributed by atoms with van der Waals surface area (Å²) in [6.45, 7) is 3.91. The standard InChI is InChI=1S/C21H20ClN3O4S/c1-3-28-17-8-13(5-7-16(17)29-11-19(23)26)9-18-20(27)25-21(30-18)24-14-6-4-12(2)15(22)10-14/h4-10H,3,11H2,1-2H3,(H2,23,26)(H,24,25,27)/b18-9-. The van der Waals surface area contributed by atoms with Gasteiger partial charge in [-0.05, 0) is 67.1 Å². The highest BCUT2D eigenvalue weighted by atomic mass is 35.5. The predicted molar refractivity (Wildman–Crippen MR) is 119 cm³/mol. The molecular weight excluding hydrogens is 426 g/mol. The Hall–Kier alpha value is -2.97. The molecule has 3 rings (SSSR count). The minimum absolute atomic E-state index is 0.246. The fraction of sp³-hybridized carbons (Fsp3) is 0.190. The molecule has 0 atom stereocenters. The van der Waals surface area contributed by atoms with Gasteiger partial charge in [0.25, 0.3) is 11.8 Å². The van der Waals surface area contributed by atoms with Crippen LogP contribution in [-0.4, -0.2) is 30.2 Å². The number of benzene rings is 2. The van der Waals surface area contributed by atoms with E-state index in [1.54, 1.807) is 30.3 Å². The molecular formula is C21H20ClN3O4S. The lowest BCUT2D eigenvalue weighted by molar-refractivity contribution is -0.120. The van der Waals surface area contributed by atoms with Crippen molar-refractivity contribution in [3.05, 3.63) is 57.5 Å². The van der Waals surface area contributed by atoms with Gasteiger partial charge < -0.3 is 20.5 Å². The fourth-order valence-corrected chi connectivity index (χ4v) is 3.57. The third kappa shape index (κ3) is 5.55. The van der Waals surface area contributed by atoms with Gasteiger partial charge in [-0.3, -0.25) is 9.59 Å². The van der Waals surface area contributed by atoms with Crippen molar-refractivity contribution in [3.63, 3.8) is 0 Å². The highest BCUT2D eigenvalue weighted by Crippen LogP contribution is 2.33. The number of primary amides is 1. The second-order valence-corrected chi connectivity index (χ2v) is 7.75. The van der Waals surface area contributed by atoms with Crippen LogP contribution >= 0.6 is 23.4 Å². The number of hydrogen-bond acceptors (Lipinski definition) is 6. The SMILES string of the molecule is CCOc1cc(/C=C2\SC(=Nc3ccc(C)c(Cl)c3)NC2=O)ccc1OCC(N)=O. The van der Waals surface area contributed by atoms with Crippen LogP contribution in [0.3, 0.4) is 0 Å². The summed E-state index contributed by atoms with van der Waals surface area (Å²) in [6, 6.07) is 10.6. The molecule has 3 N–H and O–H groups in total. The second kappa shape index (κ2) is 9.69. The number of ether oxygens (including phenoxy) is 2. The lowest BCUT2D eigenvalue weighted by atomic mass is 10.2. The minimum Gasteiger partial charge on any atom is -0.490 e. The summed E-state index contributed by atoms with van der Waals surface area (Å²) in [4.78, 5) is 28.2. The van der Waals surface area contributed by atoms with Gasteiger partial charge in [0.2, 0.25) is 0 Å². The highest BCUT2D eigenvalue weighted by Gasteiger charge is 2.24. The average molecular weight is 446 g/mol. The summed E-state index contributed by atoms with van der Waals surface area (Å²) in [5.74, 6) is 0.0350. The number of amides is 2. The molecule has 156 valence electrons. The number of rotatable bonds is 7. The molecule has 2 aromatic rings. The van der Waals surface area contributed by atoms with Crippen molar-refractivity contribution in [2.45, 2.75) is 13.8 Å². The van der Waals surface area contributed by atoms with E-state index < -0.39 is 5.91 Å². The van der Waals surface area contributed by atoms with Crippen LogP contribution < -0.4 is 20.5 Å². The Morgan fingerprint density at radius 3 is 2.73 bits per heavy atom. The molecule has 2 amide bonds. The maximum atomic E-state index is 12.3. The van der Waals surface area contributed by atoms with E-state index >= 15 is 0 Å². The third-order valence-corrected chi connectivity index (χ3v) is 5.29. The van der Waals surface area contributed by atoms with Gasteiger partial charge in [-0.1, -0.05) is 23.7 Å². The van der Waals surface area contributed by atoms with Crippen LogP contribution in [0, 0.1) is 6.92 Å². The third-order valence-electron chi connectivity index (χ3n) is 3.97. The first-order chi connectivity index (χ1) is 14.4. The maximum Gasteiger partial charge on any atom is 0.264 e. The lowest BCUT2D eigenvalue weighted by Crippen LogP contribution is -2.20. The van der Waals surface area contributed by atoms with E-state index in [0.717, 1.165) is 11.1 Å². The van der Waals surface area contributed by atoms with Crippen molar-refractivity contribution in [2.75, 3.05) is 13.2 Å². The number of nitrogens with one attached hydrogen (secondary N) is 1. The Balaban J connectivity index is 1.81. The van der Waals surface area contributed by atoms with Crippen LogP contribution in [0.4, 0.5) is 5.69 Å². The Labute approximate surface area is 183 Å². The summed E-state index contributed by atoms with van der Waals surface area (Å²) in [5.41, 5.74) is 7.47. The molecule has 1 aliphatic rings. The van der Waals surface area contributed by atoms with Gasteiger partial charge in [0.15, 0.2) is 23.3 Å². The zero-order valence-electron chi connectivity index (χ0n) is 16.4. The van der Waals surface area contributed by atoms with Crippen molar-refractivity contribution in [3.8, 4) is 11.5 Å². The molecule has 0 radical (unpaired) electrons. The van der Waals surface area contributed by atoms with Crippen molar-refractivity contribution in [1.29, 1.82) is 0 Å². The van der Waals surface area contributed by atoms with Crippen molar-refractivity contribution >= 4 is 52.1 Å². The molecule has 1 heterocycles. The van der Waals surface area contributed by atoms with E-state index in [-0.39, 0.29) is 12.5 Å². The molecule has 0 unspecified atom stereocenters. The summed E-state index contributed by atoms with van der Waals surface area (Å²) in [7, 11) is 0. The van der Waals surface area contributed by atoms with Crippen molar-refractivity contribution in [2.24, 2.45) is 10.7 Å². The fourth-order valence-electron chi connectivity index (χ4n) is 2.55. The van der Waals surface area contributed by atoms with Gasteiger partial charge in [0, 0.05) is 5.02 Å². The number of halogens is 1. The molecule has 1 saturated heterocycles. The molecule has 0 bridgehead atoms. The number of nitrogens with two attached hydrogens (primary N) is 1. The topological polar surface area (TPSA) is 103 Å². The van der Waals surface area contributed by atoms with Crippen LogP contribution in [0.25, 0.3) is 6.08 Å². The van der Waals surface area contributed by atoms with Crippen molar-refractivity contribution in [1.82, 2.24) is 5.32 Å². The monoisotopic (exact) mass is 445 g/mol. The number of aryl methyl sites for hydroxylation is 1. The number of hydrogen-bond donors (Lipinski definition) is 2. The van der Waals surface area contributed by atoms with E-state index in [0.29, 0.717) is 38.9 Å². The molecule has 7 nitrogen and oxygen atoms in total. The quantitative estimate of drug-likeness (QED) is 0.631. The van der Waals surface area contributed by atoms with E-state index in [1.165, 1.54) is 11.8 Å². The molecule has 1 aliphatic heterocycles. The molecule has 9 heteroatoms. The van der Waals surface area contributed by atoms with Crippen molar-refractivity contribution < 1.29 is 19.1 Å². The number of aliphatic imine (C=N–C) groups is 1. The molecule has 30 heavy (non-hydrogen) atoms. The Morgan fingerprint density at radius 2 is 2.03 bits per heavy atom. The molecule has 0 spiro atoms. The smallest absolute Gasteiger partial charge is 0.264 e. The van der Waals surface area contributed by atoms with Crippen LogP contribution in [0.1, 0.15) is 18.1 Å². The van der Waals surface area contributed by atoms with Crippen LogP contribution in [0.15, 0.2) is 46.3 Å². The van der Waals surface area contributed by atoms with Gasteiger partial charge in [-0.25, -0.2) is 4.99 Å². The van der Waals surface area contributed by atoms with Gasteiger partial charge in [-0.2, -0.15) is 0 Å². The highest BCUT2D eigenvalue weighted by molar-refractivity contribution is 8.18. The number of carbonyl (C=O) groups is 2. The van der Waals surface area contributed by atoms with Gasteiger partial charge in [-0.15, -0.1) is 0 Å². The largest absolute Gasteiger partial charge is 0.490 e. The zero-order chi connectivity index (χ0) is 21.7. The Kier molecular flexibility index (Phi) is 7.02. The number of thioether (sulfide) groups is 1. The average Bonchev–Trinajstić information content (AvgIpc) is 3.03. The summed E-state index contributed by atoms with van der Waals surface area (Å²) in [5, 5.41) is 3.83. The first-order valence-corrected chi connectivity index (χ1v) is 10.3. The Bertz CT molecular complexity index is 1050. The first kappa shape index (κ1) is 21.7. The molecule has 1 fully saturated rings. The van der Waals surface area contributed by atoms with E-state index in [1.807, 2.05) is 26.0 Å². The maximum absolute atomic E-state index is 12.3. The molecule has 2 aromatic carbocycles. The number of carbonyl (C=O) groups excluding carboxylic acids is 2. The second-order valence-electron chi connectivity index (χ2n) is 6.31. The van der Waals surface area contributed by atoms with Crippen LogP contribution in [0.2, 0.25) is 5.02 Å². The number of nitrogens with zero attached hydrogens (tertiary/aromatic N) is 1. The first-order valence-electron chi connectivity index (χ1n) is 9.09. The van der Waals surface area contributed by atoms with E-state index in [9.17, 15) is 9.59 Å². The van der Waals surface area contributed by atoms with Gasteiger partial charge >= 0.3 is 0 Å². The summed E-state index contributed by atoms with van der Waals surface area (Å²) >= 11 is 7.36. The van der Waals surface area contributed by atoms with Crippen LogP contribution in [0.5, 0.6) is 11.5 Å². The molecule has 0 saturated carbocycles.